The summed E-state index contributed by atoms with van der Waals surface area (Å²) < 4.78 is 38.8. The molecule has 0 aliphatic carbocycles. The molecule has 0 bridgehead atoms. The van der Waals surface area contributed by atoms with E-state index in [1.165, 1.54) is 36.8 Å². The molecule has 10 heteroatoms. The van der Waals surface area contributed by atoms with Gasteiger partial charge in [-0.05, 0) is 30.7 Å². The van der Waals surface area contributed by atoms with Crippen LogP contribution in [0.15, 0.2) is 28.7 Å². The van der Waals surface area contributed by atoms with Crippen molar-refractivity contribution in [3.63, 3.8) is 0 Å². The lowest BCUT2D eigenvalue weighted by Crippen LogP contribution is -2.07. The summed E-state index contributed by atoms with van der Waals surface area (Å²) in [6, 6.07) is 4.43. The molecule has 0 radical (unpaired) electrons. The Morgan fingerprint density at radius 1 is 1.42 bits per heavy atom. The first kappa shape index (κ1) is 19.6. The molecule has 2 aromatic rings. The number of carbonyl (C=O) groups is 1. The molecule has 1 N–H and O–H groups in total. The molecule has 0 aliphatic rings. The maximum atomic E-state index is 12.3. The second kappa shape index (κ2) is 9.66. The average molecular weight is 385 g/mol. The van der Waals surface area contributed by atoms with E-state index in [0.717, 1.165) is 0 Å². The third-order valence-electron chi connectivity index (χ3n) is 2.96. The Kier molecular flexibility index (Phi) is 7.27. The Balaban J connectivity index is 1.96. The summed E-state index contributed by atoms with van der Waals surface area (Å²) in [5.74, 6) is -0.234. The number of aromatic nitrogens is 1. The number of hydrogen-bond donors (Lipinski definition) is 1. The number of nitrogens with one attached hydrogen (secondary N) is 1. The lowest BCUT2D eigenvalue weighted by atomic mass is 10.2. The van der Waals surface area contributed by atoms with Crippen LogP contribution in [0.25, 0.3) is 0 Å². The Hall–Kier alpha value is -2.75. The second-order valence-corrected chi connectivity index (χ2v) is 5.64. The van der Waals surface area contributed by atoms with Crippen LogP contribution in [-0.4, -0.2) is 37.5 Å². The maximum Gasteiger partial charge on any atom is 0.387 e. The highest BCUT2D eigenvalue weighted by atomic mass is 32.1. The van der Waals surface area contributed by atoms with Gasteiger partial charge in [0, 0.05) is 5.38 Å². The van der Waals surface area contributed by atoms with E-state index in [4.69, 9.17) is 9.47 Å². The van der Waals surface area contributed by atoms with Gasteiger partial charge < -0.3 is 14.2 Å². The monoisotopic (exact) mass is 385 g/mol. The molecule has 0 unspecified atom stereocenters. The highest BCUT2D eigenvalue weighted by molar-refractivity contribution is 7.13. The first-order chi connectivity index (χ1) is 12.5. The maximum absolute atomic E-state index is 12.3. The summed E-state index contributed by atoms with van der Waals surface area (Å²) in [6.07, 6.45) is 1.57. The minimum atomic E-state index is -2.93. The number of hydrogen-bond acceptors (Lipinski definition) is 8. The molecule has 1 aromatic heterocycles. The van der Waals surface area contributed by atoms with Crippen molar-refractivity contribution in [2.24, 2.45) is 5.10 Å². The van der Waals surface area contributed by atoms with Crippen molar-refractivity contribution in [1.29, 1.82) is 0 Å². The van der Waals surface area contributed by atoms with Crippen LogP contribution in [0.2, 0.25) is 0 Å². The molecule has 26 heavy (non-hydrogen) atoms. The SMILES string of the molecule is CCOC(=O)Cc1csc(NN=Cc2ccc(OC(F)F)c(OC)c2)n1. The van der Waals surface area contributed by atoms with Gasteiger partial charge in [0.25, 0.3) is 0 Å². The fourth-order valence-electron chi connectivity index (χ4n) is 1.92. The highest BCUT2D eigenvalue weighted by Gasteiger charge is 2.11. The Bertz CT molecular complexity index is 768. The largest absolute Gasteiger partial charge is 0.493 e. The summed E-state index contributed by atoms with van der Waals surface area (Å²) in [7, 11) is 1.35. The van der Waals surface area contributed by atoms with Crippen LogP contribution in [0.3, 0.4) is 0 Å². The summed E-state index contributed by atoms with van der Waals surface area (Å²) in [6.45, 7) is -0.871. The van der Waals surface area contributed by atoms with Gasteiger partial charge in [0.1, 0.15) is 0 Å². The number of benzene rings is 1. The fraction of sp³-hybridized carbons (Fsp3) is 0.312. The molecule has 0 saturated carbocycles. The number of rotatable bonds is 9. The number of anilines is 1. The lowest BCUT2D eigenvalue weighted by molar-refractivity contribution is -0.142. The van der Waals surface area contributed by atoms with Crippen LogP contribution in [-0.2, 0) is 16.0 Å². The zero-order valence-corrected chi connectivity index (χ0v) is 14.9. The average Bonchev–Trinajstić information content (AvgIpc) is 3.03. The first-order valence-electron chi connectivity index (χ1n) is 7.53. The van der Waals surface area contributed by atoms with Gasteiger partial charge in [-0.2, -0.15) is 13.9 Å². The molecule has 2 rings (SSSR count). The third kappa shape index (κ3) is 5.96. The van der Waals surface area contributed by atoms with E-state index < -0.39 is 6.61 Å². The van der Waals surface area contributed by atoms with Gasteiger partial charge in [0.2, 0.25) is 5.13 Å². The number of thiazole rings is 1. The van der Waals surface area contributed by atoms with Crippen LogP contribution in [0.5, 0.6) is 11.5 Å². The highest BCUT2D eigenvalue weighted by Crippen LogP contribution is 2.29. The molecule has 1 aromatic carbocycles. The molecule has 0 atom stereocenters. The van der Waals surface area contributed by atoms with E-state index in [-0.39, 0.29) is 23.9 Å². The quantitative estimate of drug-likeness (QED) is 0.405. The fourth-order valence-corrected chi connectivity index (χ4v) is 2.58. The summed E-state index contributed by atoms with van der Waals surface area (Å²) in [4.78, 5) is 15.6. The molecule has 7 nitrogen and oxygen atoms in total. The van der Waals surface area contributed by atoms with Gasteiger partial charge >= 0.3 is 12.6 Å². The Morgan fingerprint density at radius 3 is 2.92 bits per heavy atom. The number of esters is 1. The topological polar surface area (TPSA) is 82.0 Å². The zero-order chi connectivity index (χ0) is 18.9. The number of nitrogens with zero attached hydrogens (tertiary/aromatic N) is 2. The number of ether oxygens (including phenoxy) is 3. The van der Waals surface area contributed by atoms with Crippen LogP contribution in [0, 0.1) is 0 Å². The van der Waals surface area contributed by atoms with E-state index >= 15 is 0 Å². The predicted molar refractivity (Wildman–Crippen MR) is 93.3 cm³/mol. The number of carbonyl (C=O) groups excluding carboxylic acids is 1. The minimum absolute atomic E-state index is 0.0591. The van der Waals surface area contributed by atoms with Crippen LogP contribution >= 0.6 is 11.3 Å². The molecular weight excluding hydrogens is 368 g/mol. The molecule has 0 amide bonds. The summed E-state index contributed by atoms with van der Waals surface area (Å²) in [5.41, 5.74) is 3.93. The minimum Gasteiger partial charge on any atom is -0.493 e. The smallest absolute Gasteiger partial charge is 0.387 e. The van der Waals surface area contributed by atoms with Gasteiger partial charge in [-0.3, -0.25) is 10.2 Å². The molecule has 0 aliphatic heterocycles. The molecule has 0 fully saturated rings. The number of methoxy groups -OCH3 is 1. The van der Waals surface area contributed by atoms with Gasteiger partial charge in [-0.15, -0.1) is 11.3 Å². The Morgan fingerprint density at radius 2 is 2.23 bits per heavy atom. The predicted octanol–water partition coefficient (Wildman–Crippen LogP) is 3.30. The zero-order valence-electron chi connectivity index (χ0n) is 14.1. The Labute approximate surface area is 152 Å². The van der Waals surface area contributed by atoms with Crippen molar-refractivity contribution in [3.05, 3.63) is 34.8 Å². The third-order valence-corrected chi connectivity index (χ3v) is 3.76. The summed E-state index contributed by atoms with van der Waals surface area (Å²) in [5, 5.41) is 6.25. The molecule has 140 valence electrons. The lowest BCUT2D eigenvalue weighted by Gasteiger charge is -2.09. The van der Waals surface area contributed by atoms with Gasteiger partial charge in [0.15, 0.2) is 11.5 Å². The van der Waals surface area contributed by atoms with E-state index in [9.17, 15) is 13.6 Å². The number of hydrazone groups is 1. The van der Waals surface area contributed by atoms with E-state index in [1.54, 1.807) is 18.4 Å². The van der Waals surface area contributed by atoms with Crippen molar-refractivity contribution >= 4 is 28.7 Å². The number of alkyl halides is 2. The van der Waals surface area contributed by atoms with Gasteiger partial charge in [-0.1, -0.05) is 0 Å². The van der Waals surface area contributed by atoms with Crippen molar-refractivity contribution < 1.29 is 27.8 Å². The van der Waals surface area contributed by atoms with Crippen LogP contribution in [0.1, 0.15) is 18.2 Å². The van der Waals surface area contributed by atoms with E-state index in [0.29, 0.717) is 23.0 Å². The van der Waals surface area contributed by atoms with E-state index in [1.807, 2.05) is 0 Å². The second-order valence-electron chi connectivity index (χ2n) is 4.78. The first-order valence-corrected chi connectivity index (χ1v) is 8.41. The van der Waals surface area contributed by atoms with Crippen molar-refractivity contribution in [2.45, 2.75) is 20.0 Å². The van der Waals surface area contributed by atoms with Crippen molar-refractivity contribution in [1.82, 2.24) is 4.98 Å². The van der Waals surface area contributed by atoms with Crippen LogP contribution in [0.4, 0.5) is 13.9 Å². The van der Waals surface area contributed by atoms with Crippen molar-refractivity contribution in [2.75, 3.05) is 19.1 Å². The molecule has 0 spiro atoms. The van der Waals surface area contributed by atoms with Crippen LogP contribution < -0.4 is 14.9 Å². The van der Waals surface area contributed by atoms with E-state index in [2.05, 4.69) is 20.2 Å². The molecule has 0 saturated heterocycles. The number of halogens is 2. The van der Waals surface area contributed by atoms with Gasteiger partial charge in [-0.25, -0.2) is 4.98 Å². The summed E-state index contributed by atoms with van der Waals surface area (Å²) >= 11 is 1.29. The van der Waals surface area contributed by atoms with Gasteiger partial charge in [0.05, 0.1) is 32.0 Å². The standard InChI is InChI=1S/C16H17F2N3O4S/c1-3-24-14(22)7-11-9-26-16(20-11)21-19-8-10-4-5-12(25-15(17)18)13(6-10)23-2/h4-6,8-9,15H,3,7H2,1-2H3,(H,20,21). The molecule has 1 heterocycles. The normalized spacial score (nSPS) is 11.0. The molecular formula is C16H17F2N3O4S. The van der Waals surface area contributed by atoms with Crippen molar-refractivity contribution in [3.8, 4) is 11.5 Å².